The Morgan fingerprint density at radius 3 is 2.36 bits per heavy atom. The van der Waals surface area contributed by atoms with Crippen LogP contribution in [0.5, 0.6) is 0 Å². The molecule has 0 bridgehead atoms. The third-order valence-electron chi connectivity index (χ3n) is 4.14. The highest BCUT2D eigenvalue weighted by Gasteiger charge is 2.23. The Labute approximate surface area is 170 Å². The Bertz CT molecular complexity index is 503. The van der Waals surface area contributed by atoms with E-state index in [4.69, 9.17) is 0 Å². The Morgan fingerprint density at radius 2 is 1.88 bits per heavy atom. The van der Waals surface area contributed by atoms with Crippen molar-refractivity contribution in [3.8, 4) is 0 Å². The number of sulfonamides is 1. The fourth-order valence-corrected chi connectivity index (χ4v) is 3.99. The molecule has 150 valence electrons. The van der Waals surface area contributed by atoms with Crippen molar-refractivity contribution in [1.29, 1.82) is 0 Å². The van der Waals surface area contributed by atoms with Crippen LogP contribution in [0, 0.1) is 0 Å². The maximum Gasteiger partial charge on any atom is 0.209 e. The average Bonchev–Trinajstić information content (AvgIpc) is 2.48. The highest BCUT2D eigenvalue weighted by atomic mass is 127. The van der Waals surface area contributed by atoms with Gasteiger partial charge < -0.3 is 15.5 Å². The summed E-state index contributed by atoms with van der Waals surface area (Å²) in [6.07, 6.45) is 5.90. The fourth-order valence-electron chi connectivity index (χ4n) is 2.91. The summed E-state index contributed by atoms with van der Waals surface area (Å²) >= 11 is 0. The lowest BCUT2D eigenvalue weighted by Crippen LogP contribution is -2.55. The van der Waals surface area contributed by atoms with Crippen molar-refractivity contribution < 1.29 is 8.42 Å². The number of rotatable bonds is 8. The van der Waals surface area contributed by atoms with Crippen LogP contribution in [0.3, 0.4) is 0 Å². The number of halogens is 1. The molecule has 7 nitrogen and oxygen atoms in total. The summed E-state index contributed by atoms with van der Waals surface area (Å²) in [5.41, 5.74) is -0.575. The second-order valence-corrected chi connectivity index (χ2v) is 9.05. The number of piperidine rings is 1. The first-order valence-corrected chi connectivity index (χ1v) is 10.7. The number of nitrogens with zero attached hydrogens (tertiary/aromatic N) is 2. The zero-order chi connectivity index (χ0) is 18.2. The minimum absolute atomic E-state index is 0. The number of hydrogen-bond donors (Lipinski definition) is 3. The van der Waals surface area contributed by atoms with Gasteiger partial charge in [-0.15, -0.1) is 24.0 Å². The molecule has 0 saturated carbocycles. The van der Waals surface area contributed by atoms with Crippen LogP contribution in [0.2, 0.25) is 0 Å². The first-order chi connectivity index (χ1) is 11.1. The van der Waals surface area contributed by atoms with Crippen molar-refractivity contribution in [1.82, 2.24) is 20.3 Å². The first kappa shape index (κ1) is 24.9. The third kappa shape index (κ3) is 11.2. The molecule has 1 fully saturated rings. The highest BCUT2D eigenvalue weighted by Crippen LogP contribution is 2.11. The smallest absolute Gasteiger partial charge is 0.209 e. The molecule has 0 spiro atoms. The van der Waals surface area contributed by atoms with Crippen molar-refractivity contribution in [2.75, 3.05) is 39.5 Å². The van der Waals surface area contributed by atoms with Gasteiger partial charge in [0.1, 0.15) is 0 Å². The highest BCUT2D eigenvalue weighted by molar-refractivity contribution is 14.0. The Hall–Kier alpha value is -0.130. The molecular weight excluding hydrogens is 453 g/mol. The second kappa shape index (κ2) is 11.6. The van der Waals surface area contributed by atoms with Crippen LogP contribution < -0.4 is 15.4 Å². The molecule has 0 aliphatic carbocycles. The van der Waals surface area contributed by atoms with E-state index in [1.165, 1.54) is 25.6 Å². The van der Waals surface area contributed by atoms with Gasteiger partial charge in [0, 0.05) is 38.3 Å². The molecule has 1 aliphatic heterocycles. The summed E-state index contributed by atoms with van der Waals surface area (Å²) in [6.45, 7) is 9.83. The normalized spacial score (nSPS) is 17.9. The summed E-state index contributed by atoms with van der Waals surface area (Å²) < 4.78 is 25.4. The molecule has 1 heterocycles. The van der Waals surface area contributed by atoms with Gasteiger partial charge in [0.2, 0.25) is 10.0 Å². The van der Waals surface area contributed by atoms with E-state index in [-0.39, 0.29) is 24.0 Å². The number of guanidine groups is 1. The van der Waals surface area contributed by atoms with Crippen molar-refractivity contribution in [3.05, 3.63) is 0 Å². The van der Waals surface area contributed by atoms with Gasteiger partial charge in [-0.05, 0) is 39.7 Å². The molecule has 0 unspecified atom stereocenters. The van der Waals surface area contributed by atoms with Gasteiger partial charge in [0.15, 0.2) is 5.96 Å². The summed E-state index contributed by atoms with van der Waals surface area (Å²) in [5.74, 6) is 0.727. The van der Waals surface area contributed by atoms with Crippen molar-refractivity contribution >= 4 is 40.0 Å². The topological polar surface area (TPSA) is 85.8 Å². The molecule has 3 N–H and O–H groups in total. The molecule has 0 atom stereocenters. The first-order valence-electron chi connectivity index (χ1n) is 8.83. The van der Waals surface area contributed by atoms with Gasteiger partial charge >= 0.3 is 0 Å². The summed E-state index contributed by atoms with van der Waals surface area (Å²) in [4.78, 5) is 6.78. The molecule has 1 saturated heterocycles. The fraction of sp³-hybridized carbons (Fsp3) is 0.938. The number of unbranched alkanes of at least 4 members (excludes halogenated alkanes) is 1. The molecule has 1 rings (SSSR count). The van der Waals surface area contributed by atoms with Gasteiger partial charge in [-0.25, -0.2) is 13.1 Å². The Kier molecular flexibility index (Phi) is 11.5. The zero-order valence-corrected chi connectivity index (χ0v) is 19.4. The lowest BCUT2D eigenvalue weighted by atomic mass is 10.0. The van der Waals surface area contributed by atoms with E-state index in [1.54, 1.807) is 7.05 Å². The van der Waals surface area contributed by atoms with Crippen molar-refractivity contribution in [2.45, 2.75) is 58.0 Å². The summed E-state index contributed by atoms with van der Waals surface area (Å²) in [5, 5.41) is 6.68. The number of hydrogen-bond acceptors (Lipinski definition) is 4. The van der Waals surface area contributed by atoms with Gasteiger partial charge in [0.25, 0.3) is 0 Å². The minimum atomic E-state index is -3.23. The van der Waals surface area contributed by atoms with Gasteiger partial charge in [-0.2, -0.15) is 0 Å². The van der Waals surface area contributed by atoms with Crippen LogP contribution in [0.4, 0.5) is 0 Å². The van der Waals surface area contributed by atoms with E-state index in [0.717, 1.165) is 31.9 Å². The summed E-state index contributed by atoms with van der Waals surface area (Å²) in [6, 6.07) is 0.417. The Morgan fingerprint density at radius 1 is 1.28 bits per heavy atom. The third-order valence-corrected chi connectivity index (χ3v) is 5.06. The molecule has 0 aromatic rings. The minimum Gasteiger partial charge on any atom is -0.355 e. The number of nitrogens with one attached hydrogen (secondary N) is 3. The van der Waals surface area contributed by atoms with Gasteiger partial charge in [0.05, 0.1) is 6.26 Å². The van der Waals surface area contributed by atoms with Crippen LogP contribution in [-0.4, -0.2) is 70.3 Å². The van der Waals surface area contributed by atoms with E-state index in [9.17, 15) is 8.42 Å². The monoisotopic (exact) mass is 489 g/mol. The van der Waals surface area contributed by atoms with E-state index < -0.39 is 15.6 Å². The van der Waals surface area contributed by atoms with Gasteiger partial charge in [-0.1, -0.05) is 13.3 Å². The molecule has 0 amide bonds. The SMILES string of the molecule is CCCCN1CCC(NC(=NC)NCC(C)(C)NS(C)(=O)=O)CC1.I. The molecule has 0 aromatic heterocycles. The quantitative estimate of drug-likeness (QED) is 0.273. The van der Waals surface area contributed by atoms with Crippen molar-refractivity contribution in [3.63, 3.8) is 0 Å². The molecule has 0 radical (unpaired) electrons. The molecular formula is C16H36IN5O2S. The maximum atomic E-state index is 11.4. The van der Waals surface area contributed by atoms with Crippen LogP contribution in [0.15, 0.2) is 4.99 Å². The molecule has 1 aliphatic rings. The van der Waals surface area contributed by atoms with Crippen LogP contribution in [0.25, 0.3) is 0 Å². The second-order valence-electron chi connectivity index (χ2n) is 7.30. The van der Waals surface area contributed by atoms with Crippen LogP contribution in [-0.2, 0) is 10.0 Å². The van der Waals surface area contributed by atoms with Crippen LogP contribution >= 0.6 is 24.0 Å². The molecule has 25 heavy (non-hydrogen) atoms. The van der Waals surface area contributed by atoms with E-state index >= 15 is 0 Å². The van der Waals surface area contributed by atoms with E-state index in [0.29, 0.717) is 12.6 Å². The predicted octanol–water partition coefficient (Wildman–Crippen LogP) is 1.36. The standard InChI is InChI=1S/C16H35N5O2S.HI/c1-6-7-10-21-11-8-14(9-12-21)19-15(17-4)18-13-16(2,3)20-24(5,22)23;/h14,20H,6-13H2,1-5H3,(H2,17,18,19);1H. The molecule has 0 aromatic carbocycles. The number of aliphatic imine (C=N–C) groups is 1. The van der Waals surface area contributed by atoms with Crippen molar-refractivity contribution in [2.24, 2.45) is 4.99 Å². The van der Waals surface area contributed by atoms with E-state index in [1.807, 2.05) is 13.8 Å². The molecule has 9 heteroatoms. The largest absolute Gasteiger partial charge is 0.355 e. The summed E-state index contributed by atoms with van der Waals surface area (Å²) in [7, 11) is -1.49. The lowest BCUT2D eigenvalue weighted by Gasteiger charge is -2.33. The van der Waals surface area contributed by atoms with E-state index in [2.05, 4.69) is 32.2 Å². The number of likely N-dealkylation sites (tertiary alicyclic amines) is 1. The maximum absolute atomic E-state index is 11.4. The van der Waals surface area contributed by atoms with Gasteiger partial charge in [-0.3, -0.25) is 4.99 Å². The zero-order valence-electron chi connectivity index (χ0n) is 16.3. The van der Waals surface area contributed by atoms with Crippen LogP contribution in [0.1, 0.15) is 46.5 Å². The predicted molar refractivity (Wildman–Crippen MR) is 116 cm³/mol. The average molecular weight is 489 g/mol. The Balaban J connectivity index is 0.00000576. The lowest BCUT2D eigenvalue weighted by molar-refractivity contribution is 0.203.